The van der Waals surface area contributed by atoms with Gasteiger partial charge in [-0.05, 0) is 38.8 Å². The van der Waals surface area contributed by atoms with E-state index in [1.807, 2.05) is 12.3 Å². The van der Waals surface area contributed by atoms with Crippen LogP contribution in [0.15, 0.2) is 24.4 Å². The summed E-state index contributed by atoms with van der Waals surface area (Å²) in [5, 5.41) is 0. The van der Waals surface area contributed by atoms with E-state index in [2.05, 4.69) is 35.9 Å². The first kappa shape index (κ1) is 9.66. The van der Waals surface area contributed by atoms with E-state index < -0.39 is 0 Å². The minimum Gasteiger partial charge on any atom is -0.292 e. The van der Waals surface area contributed by atoms with Crippen LogP contribution in [0.1, 0.15) is 32.4 Å². The van der Waals surface area contributed by atoms with E-state index in [4.69, 9.17) is 0 Å². The molecule has 1 heterocycles. The number of hydrogen-bond donors (Lipinski definition) is 0. The van der Waals surface area contributed by atoms with Crippen molar-refractivity contribution in [2.24, 2.45) is 0 Å². The molecule has 0 radical (unpaired) electrons. The second-order valence-corrected chi connectivity index (χ2v) is 4.32. The third-order valence-electron chi connectivity index (χ3n) is 2.75. The lowest BCUT2D eigenvalue weighted by Gasteiger charge is -2.25. The molecule has 0 unspecified atom stereocenters. The predicted octanol–water partition coefficient (Wildman–Crippen LogP) is 2.45. The van der Waals surface area contributed by atoms with Crippen molar-refractivity contribution in [3.05, 3.63) is 30.1 Å². The molecule has 0 bridgehead atoms. The van der Waals surface area contributed by atoms with Crippen LogP contribution in [0, 0.1) is 0 Å². The van der Waals surface area contributed by atoms with Gasteiger partial charge in [0.25, 0.3) is 0 Å². The first-order chi connectivity index (χ1) is 6.77. The molecule has 0 spiro atoms. The predicted molar refractivity (Wildman–Crippen MR) is 57.9 cm³/mol. The standard InChI is InChI=1S/C12H18N2/c1-10(2)14(12-6-7-12)9-11-5-3-4-8-13-11/h3-5,8,10,12H,6-7,9H2,1-2H3. The van der Waals surface area contributed by atoms with Gasteiger partial charge in [-0.2, -0.15) is 0 Å². The van der Waals surface area contributed by atoms with E-state index in [0.717, 1.165) is 12.6 Å². The second-order valence-electron chi connectivity index (χ2n) is 4.32. The lowest BCUT2D eigenvalue weighted by atomic mass is 10.2. The summed E-state index contributed by atoms with van der Waals surface area (Å²) in [5.74, 6) is 0. The average molecular weight is 190 g/mol. The van der Waals surface area contributed by atoms with Gasteiger partial charge in [-0.3, -0.25) is 9.88 Å². The Morgan fingerprint density at radius 3 is 2.71 bits per heavy atom. The van der Waals surface area contributed by atoms with Gasteiger partial charge in [-0.25, -0.2) is 0 Å². The maximum absolute atomic E-state index is 4.37. The van der Waals surface area contributed by atoms with E-state index in [0.29, 0.717) is 6.04 Å². The maximum Gasteiger partial charge on any atom is 0.0544 e. The second kappa shape index (κ2) is 4.09. The summed E-state index contributed by atoms with van der Waals surface area (Å²) in [7, 11) is 0. The SMILES string of the molecule is CC(C)N(Cc1ccccn1)C1CC1. The summed E-state index contributed by atoms with van der Waals surface area (Å²) < 4.78 is 0. The van der Waals surface area contributed by atoms with E-state index in [9.17, 15) is 0 Å². The Kier molecular flexibility index (Phi) is 2.82. The molecule has 1 aromatic rings. The molecule has 1 aromatic heterocycles. The van der Waals surface area contributed by atoms with Gasteiger partial charge in [0.1, 0.15) is 0 Å². The summed E-state index contributed by atoms with van der Waals surface area (Å²) in [4.78, 5) is 6.91. The fourth-order valence-electron chi connectivity index (χ4n) is 1.82. The highest BCUT2D eigenvalue weighted by molar-refractivity contribution is 5.04. The van der Waals surface area contributed by atoms with Crippen molar-refractivity contribution in [2.45, 2.75) is 45.3 Å². The van der Waals surface area contributed by atoms with Crippen LogP contribution in [0.4, 0.5) is 0 Å². The Morgan fingerprint density at radius 1 is 1.43 bits per heavy atom. The van der Waals surface area contributed by atoms with Gasteiger partial charge < -0.3 is 0 Å². The molecule has 2 nitrogen and oxygen atoms in total. The molecule has 76 valence electrons. The van der Waals surface area contributed by atoms with Gasteiger partial charge in [0.05, 0.1) is 5.69 Å². The van der Waals surface area contributed by atoms with Crippen molar-refractivity contribution in [1.82, 2.24) is 9.88 Å². The summed E-state index contributed by atoms with van der Waals surface area (Å²) in [6.45, 7) is 5.53. The molecule has 0 saturated heterocycles. The molecule has 1 aliphatic carbocycles. The van der Waals surface area contributed by atoms with Crippen LogP contribution in [0.3, 0.4) is 0 Å². The number of rotatable bonds is 4. The normalized spacial score (nSPS) is 16.6. The molecular weight excluding hydrogens is 172 g/mol. The van der Waals surface area contributed by atoms with Gasteiger partial charge in [-0.1, -0.05) is 6.07 Å². The smallest absolute Gasteiger partial charge is 0.0544 e. The Morgan fingerprint density at radius 2 is 2.21 bits per heavy atom. The monoisotopic (exact) mass is 190 g/mol. The first-order valence-corrected chi connectivity index (χ1v) is 5.43. The molecule has 1 aliphatic rings. The van der Waals surface area contributed by atoms with Crippen LogP contribution in [0.5, 0.6) is 0 Å². The lowest BCUT2D eigenvalue weighted by molar-refractivity contribution is 0.200. The third kappa shape index (κ3) is 2.32. The van der Waals surface area contributed by atoms with E-state index >= 15 is 0 Å². The molecule has 2 rings (SSSR count). The van der Waals surface area contributed by atoms with Gasteiger partial charge in [0, 0.05) is 24.8 Å². The molecule has 2 heteroatoms. The van der Waals surface area contributed by atoms with Crippen molar-refractivity contribution >= 4 is 0 Å². The fraction of sp³-hybridized carbons (Fsp3) is 0.583. The molecule has 1 saturated carbocycles. The quantitative estimate of drug-likeness (QED) is 0.725. The molecular formula is C12H18N2. The summed E-state index contributed by atoms with van der Waals surface area (Å²) in [6, 6.07) is 7.59. The van der Waals surface area contributed by atoms with E-state index in [-0.39, 0.29) is 0 Å². The molecule has 0 N–H and O–H groups in total. The minimum atomic E-state index is 0.629. The minimum absolute atomic E-state index is 0.629. The Labute approximate surface area is 86.0 Å². The highest BCUT2D eigenvalue weighted by Gasteiger charge is 2.30. The van der Waals surface area contributed by atoms with Gasteiger partial charge in [-0.15, -0.1) is 0 Å². The fourth-order valence-corrected chi connectivity index (χ4v) is 1.82. The topological polar surface area (TPSA) is 16.1 Å². The average Bonchev–Trinajstić information content (AvgIpc) is 2.99. The zero-order valence-electron chi connectivity index (χ0n) is 8.98. The summed E-state index contributed by atoms with van der Waals surface area (Å²) >= 11 is 0. The largest absolute Gasteiger partial charge is 0.292 e. The van der Waals surface area contributed by atoms with Crippen molar-refractivity contribution < 1.29 is 0 Å². The third-order valence-corrected chi connectivity index (χ3v) is 2.75. The highest BCUT2D eigenvalue weighted by atomic mass is 15.2. The Hall–Kier alpha value is -0.890. The number of nitrogens with zero attached hydrogens (tertiary/aromatic N) is 2. The summed E-state index contributed by atoms with van der Waals surface area (Å²) in [5.41, 5.74) is 1.19. The maximum atomic E-state index is 4.37. The lowest BCUT2D eigenvalue weighted by Crippen LogP contribution is -2.32. The van der Waals surface area contributed by atoms with Crippen LogP contribution < -0.4 is 0 Å². The molecule has 14 heavy (non-hydrogen) atoms. The molecule has 0 aromatic carbocycles. The van der Waals surface area contributed by atoms with E-state index in [1.54, 1.807) is 0 Å². The summed E-state index contributed by atoms with van der Waals surface area (Å²) in [6.07, 6.45) is 4.61. The van der Waals surface area contributed by atoms with Gasteiger partial charge in [0.2, 0.25) is 0 Å². The number of hydrogen-bond acceptors (Lipinski definition) is 2. The molecule has 0 aliphatic heterocycles. The molecule has 1 fully saturated rings. The van der Waals surface area contributed by atoms with Crippen LogP contribution in [0.2, 0.25) is 0 Å². The number of pyridine rings is 1. The van der Waals surface area contributed by atoms with Crippen LogP contribution in [0.25, 0.3) is 0 Å². The van der Waals surface area contributed by atoms with Crippen molar-refractivity contribution in [1.29, 1.82) is 0 Å². The van der Waals surface area contributed by atoms with Crippen LogP contribution >= 0.6 is 0 Å². The molecule has 0 amide bonds. The highest BCUT2D eigenvalue weighted by Crippen LogP contribution is 2.29. The van der Waals surface area contributed by atoms with Crippen LogP contribution in [-0.2, 0) is 6.54 Å². The molecule has 0 atom stereocenters. The number of aromatic nitrogens is 1. The Balaban J connectivity index is 2.00. The van der Waals surface area contributed by atoms with E-state index in [1.165, 1.54) is 18.5 Å². The zero-order chi connectivity index (χ0) is 9.97. The van der Waals surface area contributed by atoms with Crippen molar-refractivity contribution in [2.75, 3.05) is 0 Å². The van der Waals surface area contributed by atoms with Gasteiger partial charge in [0.15, 0.2) is 0 Å². The van der Waals surface area contributed by atoms with Gasteiger partial charge >= 0.3 is 0 Å². The Bertz CT molecular complexity index is 276. The first-order valence-electron chi connectivity index (χ1n) is 5.43. The van der Waals surface area contributed by atoms with Crippen molar-refractivity contribution in [3.8, 4) is 0 Å². The zero-order valence-corrected chi connectivity index (χ0v) is 8.98. The van der Waals surface area contributed by atoms with Crippen LogP contribution in [-0.4, -0.2) is 22.0 Å². The van der Waals surface area contributed by atoms with Crippen molar-refractivity contribution in [3.63, 3.8) is 0 Å².